The van der Waals surface area contributed by atoms with Gasteiger partial charge >= 0.3 is 6.09 Å². The summed E-state index contributed by atoms with van der Waals surface area (Å²) in [6, 6.07) is 9.43. The summed E-state index contributed by atoms with van der Waals surface area (Å²) in [5.41, 5.74) is 0.411. The number of benzene rings is 1. The molecule has 1 saturated heterocycles. The van der Waals surface area contributed by atoms with Crippen LogP contribution in [0.15, 0.2) is 53.0 Å². The number of nitrogens with zero attached hydrogens (tertiary/aromatic N) is 3. The third-order valence-corrected chi connectivity index (χ3v) is 9.21. The molecule has 1 aliphatic rings. The first-order valence-electron chi connectivity index (χ1n) is 11.6. The average Bonchev–Trinajstić information content (AvgIpc) is 3.49. The number of carbonyl (C=O) groups excluding carboxylic acids is 2. The van der Waals surface area contributed by atoms with Gasteiger partial charge in [-0.2, -0.15) is 4.72 Å². The van der Waals surface area contributed by atoms with Crippen molar-refractivity contribution >= 4 is 66.0 Å². The van der Waals surface area contributed by atoms with Gasteiger partial charge in [0, 0.05) is 33.5 Å². The minimum atomic E-state index is -3.92. The number of nitrogens with one attached hydrogen (secondary N) is 1. The fraction of sp³-hybridized carbons (Fsp3) is 0.320. The molecule has 1 amide bonds. The van der Waals surface area contributed by atoms with Crippen molar-refractivity contribution in [1.82, 2.24) is 19.2 Å². The molecule has 4 aromatic rings. The molecular formula is C25H25ClN4O5S2. The van der Waals surface area contributed by atoms with E-state index in [9.17, 15) is 18.0 Å². The highest BCUT2D eigenvalue weighted by Gasteiger charge is 2.36. The number of rotatable bonds is 5. The summed E-state index contributed by atoms with van der Waals surface area (Å²) in [6.07, 6.45) is 2.94. The Labute approximate surface area is 223 Å². The fourth-order valence-corrected chi connectivity index (χ4v) is 7.22. The second-order valence-corrected chi connectivity index (χ2v) is 13.3. The Morgan fingerprint density at radius 3 is 2.76 bits per heavy atom. The standard InChI is InChI=1S/C25H25ClN4O5S2/c1-25(2,3)35-24(32)30-18(10-15-6-8-27-13-20(15)30)14-29-9-7-19(23(29)31)28-37(33,34)22-11-16-4-5-17(26)12-21(16)36-22/h4-6,8,10-13,19,28H,7,9,14H2,1-3H3/t19-/m0/s1. The van der Waals surface area contributed by atoms with Crippen LogP contribution in [-0.4, -0.2) is 53.1 Å². The molecule has 4 heterocycles. The summed E-state index contributed by atoms with van der Waals surface area (Å²) in [5.74, 6) is -0.355. The third kappa shape index (κ3) is 5.22. The van der Waals surface area contributed by atoms with Crippen LogP contribution >= 0.6 is 22.9 Å². The van der Waals surface area contributed by atoms with E-state index in [0.717, 1.165) is 26.8 Å². The Bertz CT molecular complexity index is 1640. The lowest BCUT2D eigenvalue weighted by molar-refractivity contribution is -0.129. The highest BCUT2D eigenvalue weighted by molar-refractivity contribution is 7.91. The van der Waals surface area contributed by atoms with Crippen LogP contribution in [-0.2, 0) is 26.1 Å². The number of sulfonamides is 1. The summed E-state index contributed by atoms with van der Waals surface area (Å²) in [6.45, 7) is 5.79. The van der Waals surface area contributed by atoms with Crippen molar-refractivity contribution in [1.29, 1.82) is 0 Å². The van der Waals surface area contributed by atoms with Crippen molar-refractivity contribution in [3.05, 3.63) is 59.5 Å². The summed E-state index contributed by atoms with van der Waals surface area (Å²) >= 11 is 7.12. The van der Waals surface area contributed by atoms with Crippen LogP contribution in [0.2, 0.25) is 5.02 Å². The van der Waals surface area contributed by atoms with Gasteiger partial charge in [0.05, 0.1) is 18.3 Å². The largest absolute Gasteiger partial charge is 0.443 e. The van der Waals surface area contributed by atoms with Crippen LogP contribution in [0.25, 0.3) is 21.0 Å². The lowest BCUT2D eigenvalue weighted by Gasteiger charge is -2.22. The van der Waals surface area contributed by atoms with Crippen LogP contribution in [0.5, 0.6) is 0 Å². The van der Waals surface area contributed by atoms with Crippen molar-refractivity contribution in [3.63, 3.8) is 0 Å². The van der Waals surface area contributed by atoms with Crippen molar-refractivity contribution in [2.45, 2.75) is 49.6 Å². The molecule has 0 aliphatic carbocycles. The minimum Gasteiger partial charge on any atom is -0.443 e. The van der Waals surface area contributed by atoms with Crippen molar-refractivity contribution in [2.24, 2.45) is 0 Å². The second kappa shape index (κ2) is 9.39. The van der Waals surface area contributed by atoms with Gasteiger partial charge in [0.2, 0.25) is 5.91 Å². The third-order valence-electron chi connectivity index (χ3n) is 5.93. The van der Waals surface area contributed by atoms with Gasteiger partial charge in [0.1, 0.15) is 15.9 Å². The molecule has 0 saturated carbocycles. The first-order valence-corrected chi connectivity index (χ1v) is 14.3. The number of likely N-dealkylation sites (tertiary alicyclic amines) is 1. The molecule has 1 aliphatic heterocycles. The molecule has 1 fully saturated rings. The van der Waals surface area contributed by atoms with E-state index < -0.39 is 27.8 Å². The first kappa shape index (κ1) is 25.7. The predicted octanol–water partition coefficient (Wildman–Crippen LogP) is 4.77. The molecular weight excluding hydrogens is 536 g/mol. The Morgan fingerprint density at radius 2 is 2.00 bits per heavy atom. The molecule has 194 valence electrons. The number of fused-ring (bicyclic) bond motifs is 2. The van der Waals surface area contributed by atoms with Crippen LogP contribution in [0.4, 0.5) is 4.79 Å². The summed E-state index contributed by atoms with van der Waals surface area (Å²) < 4.78 is 36.6. The number of aromatic nitrogens is 2. The molecule has 0 radical (unpaired) electrons. The molecule has 37 heavy (non-hydrogen) atoms. The van der Waals surface area contributed by atoms with E-state index in [4.69, 9.17) is 16.3 Å². The van der Waals surface area contributed by atoms with E-state index in [0.29, 0.717) is 29.2 Å². The van der Waals surface area contributed by atoms with Crippen molar-refractivity contribution in [3.8, 4) is 0 Å². The molecule has 12 heteroatoms. The SMILES string of the molecule is CC(C)(C)OC(=O)n1c(CN2CC[C@H](NS(=O)(=O)c3cc4ccc(Cl)cc4s3)C2=O)cc2ccncc21. The molecule has 0 bridgehead atoms. The van der Waals surface area contributed by atoms with E-state index in [1.807, 2.05) is 6.07 Å². The van der Waals surface area contributed by atoms with Crippen LogP contribution in [0.1, 0.15) is 32.9 Å². The number of thiophene rings is 1. The number of hydrogen-bond acceptors (Lipinski definition) is 7. The predicted molar refractivity (Wildman–Crippen MR) is 142 cm³/mol. The molecule has 1 N–H and O–H groups in total. The quantitative estimate of drug-likeness (QED) is 0.376. The van der Waals surface area contributed by atoms with Crippen LogP contribution < -0.4 is 4.72 Å². The highest BCUT2D eigenvalue weighted by Crippen LogP contribution is 2.32. The molecule has 0 spiro atoms. The van der Waals surface area contributed by atoms with E-state index in [1.54, 1.807) is 68.4 Å². The number of amides is 1. The van der Waals surface area contributed by atoms with Crippen LogP contribution in [0, 0.1) is 0 Å². The Morgan fingerprint density at radius 1 is 1.22 bits per heavy atom. The molecule has 0 unspecified atom stereocenters. The van der Waals surface area contributed by atoms with Crippen LogP contribution in [0.3, 0.4) is 0 Å². The van der Waals surface area contributed by atoms with Crippen molar-refractivity contribution < 1.29 is 22.7 Å². The lowest BCUT2D eigenvalue weighted by Crippen LogP contribution is -2.41. The van der Waals surface area contributed by atoms with Gasteiger partial charge in [-0.05, 0) is 62.9 Å². The smallest absolute Gasteiger partial charge is 0.419 e. The maximum absolute atomic E-state index is 13.2. The van der Waals surface area contributed by atoms with Gasteiger partial charge in [-0.3, -0.25) is 9.78 Å². The van der Waals surface area contributed by atoms with E-state index in [1.165, 1.54) is 4.57 Å². The van der Waals surface area contributed by atoms with E-state index in [2.05, 4.69) is 9.71 Å². The van der Waals surface area contributed by atoms with E-state index >= 15 is 0 Å². The number of hydrogen-bond donors (Lipinski definition) is 1. The second-order valence-electron chi connectivity index (χ2n) is 9.86. The van der Waals surface area contributed by atoms with Gasteiger partial charge in [0.25, 0.3) is 10.0 Å². The topological polar surface area (TPSA) is 111 Å². The highest BCUT2D eigenvalue weighted by atomic mass is 35.5. The Hall–Kier alpha value is -2.99. The molecule has 5 rings (SSSR count). The van der Waals surface area contributed by atoms with Crippen molar-refractivity contribution in [2.75, 3.05) is 6.54 Å². The number of halogens is 1. The lowest BCUT2D eigenvalue weighted by atomic mass is 10.2. The minimum absolute atomic E-state index is 0.117. The zero-order valence-electron chi connectivity index (χ0n) is 20.4. The summed E-state index contributed by atoms with van der Waals surface area (Å²) in [5, 5.41) is 2.07. The van der Waals surface area contributed by atoms with Gasteiger partial charge in [-0.25, -0.2) is 17.8 Å². The van der Waals surface area contributed by atoms with E-state index in [-0.39, 0.29) is 16.7 Å². The maximum atomic E-state index is 13.2. The molecule has 9 nitrogen and oxygen atoms in total. The normalized spacial score (nSPS) is 16.7. The number of carbonyl (C=O) groups is 2. The van der Waals surface area contributed by atoms with Gasteiger partial charge in [0.15, 0.2) is 0 Å². The Balaban J connectivity index is 1.36. The van der Waals surface area contributed by atoms with Gasteiger partial charge < -0.3 is 9.64 Å². The first-order chi connectivity index (χ1) is 17.4. The molecule has 1 aromatic carbocycles. The number of ether oxygens (including phenoxy) is 1. The summed E-state index contributed by atoms with van der Waals surface area (Å²) in [7, 11) is -3.92. The maximum Gasteiger partial charge on any atom is 0.419 e. The monoisotopic (exact) mass is 560 g/mol. The zero-order chi connectivity index (χ0) is 26.5. The number of pyridine rings is 1. The van der Waals surface area contributed by atoms with Gasteiger partial charge in [-0.1, -0.05) is 17.7 Å². The molecule has 1 atom stereocenters. The van der Waals surface area contributed by atoms with Gasteiger partial charge in [-0.15, -0.1) is 11.3 Å². The zero-order valence-corrected chi connectivity index (χ0v) is 22.8. The summed E-state index contributed by atoms with van der Waals surface area (Å²) in [4.78, 5) is 31.9. The Kier molecular flexibility index (Phi) is 6.51. The average molecular weight is 561 g/mol. The fourth-order valence-electron chi connectivity index (χ4n) is 4.30. The molecule has 3 aromatic heterocycles.